The van der Waals surface area contributed by atoms with Crippen LogP contribution < -0.4 is 9.80 Å². The molecule has 2 aliphatic carbocycles. The maximum absolute atomic E-state index is 14.2. The topological polar surface area (TPSA) is 40.6 Å². The van der Waals surface area contributed by atoms with Crippen molar-refractivity contribution in [2.45, 2.75) is 44.9 Å². The van der Waals surface area contributed by atoms with Gasteiger partial charge in [-0.1, -0.05) is 137 Å². The molecule has 7 aromatic rings. The Bertz CT molecular complexity index is 2900. The van der Waals surface area contributed by atoms with Crippen LogP contribution in [0.15, 0.2) is 182 Å². The molecule has 0 fully saturated rings. The number of nitrogens with zero attached hydrogens (tertiary/aromatic N) is 2. The van der Waals surface area contributed by atoms with Crippen molar-refractivity contribution < 1.29 is 9.59 Å². The molecule has 1 atom stereocenters. The van der Waals surface area contributed by atoms with Gasteiger partial charge in [0.25, 0.3) is 0 Å². The Morgan fingerprint density at radius 2 is 0.883 bits per heavy atom. The van der Waals surface area contributed by atoms with E-state index in [0.29, 0.717) is 23.1 Å². The highest BCUT2D eigenvalue weighted by Gasteiger charge is 2.40. The van der Waals surface area contributed by atoms with Crippen LogP contribution in [-0.4, -0.2) is 11.6 Å². The third kappa shape index (κ3) is 5.30. The van der Waals surface area contributed by atoms with Gasteiger partial charge in [-0.05, 0) is 118 Å². The summed E-state index contributed by atoms with van der Waals surface area (Å²) in [4.78, 5) is 33.1. The Morgan fingerprint density at radius 3 is 1.35 bits per heavy atom. The van der Waals surface area contributed by atoms with Crippen LogP contribution in [0.5, 0.6) is 0 Å². The van der Waals surface area contributed by atoms with E-state index in [-0.39, 0.29) is 22.4 Å². The fraction of sp³-hybridized carbons (Fsp3) is 0.143. The third-order valence-corrected chi connectivity index (χ3v) is 13.6. The maximum Gasteiger partial charge on any atom is 0.190 e. The monoisotopic (exact) mass is 776 g/mol. The lowest BCUT2D eigenvalue weighted by Crippen LogP contribution is -2.31. The Kier molecular flexibility index (Phi) is 7.96. The van der Waals surface area contributed by atoms with Crippen LogP contribution in [0.3, 0.4) is 0 Å². The summed E-state index contributed by atoms with van der Waals surface area (Å²) in [6, 6.07) is 57.5. The van der Waals surface area contributed by atoms with Crippen molar-refractivity contribution in [1.82, 2.24) is 0 Å². The van der Waals surface area contributed by atoms with Gasteiger partial charge in [0.1, 0.15) is 0 Å². The number of ketones is 2. The summed E-state index contributed by atoms with van der Waals surface area (Å²) >= 11 is 0. The zero-order valence-corrected chi connectivity index (χ0v) is 34.2. The van der Waals surface area contributed by atoms with Crippen molar-refractivity contribution in [2.24, 2.45) is 5.92 Å². The number of hydrogen-bond donors (Lipinski definition) is 0. The summed E-state index contributed by atoms with van der Waals surface area (Å²) in [6.45, 7) is 9.18. The van der Waals surface area contributed by atoms with Crippen LogP contribution in [0.25, 0.3) is 16.7 Å². The molecule has 0 saturated heterocycles. The number of allylic oxidation sites excluding steroid dienone is 4. The molecule has 4 heteroatoms. The molecular weight excluding hydrogens is 733 g/mol. The number of hydrogen-bond acceptors (Lipinski definition) is 4. The highest BCUT2D eigenvalue weighted by atomic mass is 16.1. The summed E-state index contributed by atoms with van der Waals surface area (Å²) in [5.74, 6) is -0.540. The lowest BCUT2D eigenvalue weighted by Gasteiger charge is -2.42. The second kappa shape index (κ2) is 13.2. The summed E-state index contributed by atoms with van der Waals surface area (Å²) in [5.41, 5.74) is 17.3. The fourth-order valence-corrected chi connectivity index (χ4v) is 10.3. The smallest absolute Gasteiger partial charge is 0.190 e. The molecule has 0 aromatic heterocycles. The first-order chi connectivity index (χ1) is 29.1. The summed E-state index contributed by atoms with van der Waals surface area (Å²) < 4.78 is 0. The molecule has 4 aliphatic rings. The molecule has 11 rings (SSSR count). The molecule has 4 nitrogen and oxygen atoms in total. The van der Waals surface area contributed by atoms with Gasteiger partial charge in [0.15, 0.2) is 11.6 Å². The maximum atomic E-state index is 14.2. The van der Waals surface area contributed by atoms with Crippen LogP contribution in [0.4, 0.5) is 34.1 Å². The zero-order chi connectivity index (χ0) is 40.9. The largest absolute Gasteiger partial charge is 0.310 e. The number of carbonyl (C=O) groups excluding carboxylic acids is 2. The summed E-state index contributed by atoms with van der Waals surface area (Å²) in [7, 11) is 0. The van der Waals surface area contributed by atoms with Crippen molar-refractivity contribution in [1.29, 1.82) is 0 Å². The van der Waals surface area contributed by atoms with Gasteiger partial charge in [0.05, 0.1) is 28.7 Å². The van der Waals surface area contributed by atoms with Crippen molar-refractivity contribution in [2.75, 3.05) is 9.80 Å². The molecule has 2 aliphatic heterocycles. The zero-order valence-electron chi connectivity index (χ0n) is 34.2. The molecule has 0 radical (unpaired) electrons. The molecule has 60 heavy (non-hydrogen) atoms. The van der Waals surface area contributed by atoms with Crippen molar-refractivity contribution >= 4 is 51.3 Å². The van der Waals surface area contributed by atoms with Gasteiger partial charge >= 0.3 is 0 Å². The van der Waals surface area contributed by atoms with Gasteiger partial charge in [0.2, 0.25) is 0 Å². The minimum absolute atomic E-state index is 0.00877. The Morgan fingerprint density at radius 1 is 0.467 bits per heavy atom. The number of Topliss-reactive ketones (excluding diaryl/α,β-unsaturated/α-hetero) is 2. The van der Waals surface area contributed by atoms with Crippen molar-refractivity contribution in [3.05, 3.63) is 220 Å². The van der Waals surface area contributed by atoms with Crippen LogP contribution >= 0.6 is 0 Å². The van der Waals surface area contributed by atoms with Gasteiger partial charge in [-0.25, -0.2) is 0 Å². The van der Waals surface area contributed by atoms with Crippen LogP contribution in [0, 0.1) is 5.92 Å². The van der Waals surface area contributed by atoms with E-state index < -0.39 is 5.92 Å². The Balaban J connectivity index is 0.869. The average Bonchev–Trinajstić information content (AvgIpc) is 3.29. The molecule has 2 heterocycles. The number of benzene rings is 7. The predicted octanol–water partition coefficient (Wildman–Crippen LogP) is 14.0. The predicted molar refractivity (Wildman–Crippen MR) is 245 cm³/mol. The summed E-state index contributed by atoms with van der Waals surface area (Å²) in [6.07, 6.45) is 4.56. The number of rotatable bonds is 4. The quantitative estimate of drug-likeness (QED) is 0.178. The first-order valence-electron chi connectivity index (χ1n) is 20.9. The first kappa shape index (κ1) is 36.1. The minimum atomic E-state index is -0.487. The lowest BCUT2D eigenvalue weighted by atomic mass is 9.72. The molecule has 0 spiro atoms. The molecule has 0 bridgehead atoms. The van der Waals surface area contributed by atoms with Crippen LogP contribution in [-0.2, 0) is 10.8 Å². The normalized spacial score (nSPS) is 17.9. The second-order valence-electron chi connectivity index (χ2n) is 17.6. The van der Waals surface area contributed by atoms with Gasteiger partial charge in [-0.2, -0.15) is 0 Å². The van der Waals surface area contributed by atoms with Gasteiger partial charge in [0, 0.05) is 38.9 Å². The van der Waals surface area contributed by atoms with E-state index in [9.17, 15) is 9.59 Å². The third-order valence-electron chi connectivity index (χ3n) is 13.6. The average molecular weight is 777 g/mol. The van der Waals surface area contributed by atoms with Gasteiger partial charge in [-0.15, -0.1) is 0 Å². The van der Waals surface area contributed by atoms with E-state index in [0.717, 1.165) is 33.6 Å². The van der Waals surface area contributed by atoms with E-state index in [4.69, 9.17) is 0 Å². The first-order valence-corrected chi connectivity index (χ1v) is 20.9. The minimum Gasteiger partial charge on any atom is -0.310 e. The van der Waals surface area contributed by atoms with E-state index in [1.54, 1.807) is 0 Å². The molecule has 290 valence electrons. The van der Waals surface area contributed by atoms with Crippen LogP contribution in [0.2, 0.25) is 0 Å². The molecule has 1 unspecified atom stereocenters. The van der Waals surface area contributed by atoms with Crippen molar-refractivity contribution in [3.63, 3.8) is 0 Å². The standard InChI is InChI=1S/C56H44N2O2/c1-55(2)45-13-5-9-17-49(45)57(50-18-10-6-14-46(50)55)39-27-21-35(22-28-39)37-25-31-41-43(33-37)53(59)42-32-26-38(34-44(42)54(41)60)36-23-29-40(30-24-36)58-51-19-11-7-15-47(51)56(3,4)48-16-8-12-20-52(48)58/h5-31,33-34,42H,32H2,1-4H3. The highest BCUT2D eigenvalue weighted by Crippen LogP contribution is 2.53. The van der Waals surface area contributed by atoms with Gasteiger partial charge < -0.3 is 9.80 Å². The van der Waals surface area contributed by atoms with E-state index in [1.807, 2.05) is 24.3 Å². The Hall–Kier alpha value is -7.04. The second-order valence-corrected chi connectivity index (χ2v) is 17.6. The van der Waals surface area contributed by atoms with E-state index >= 15 is 0 Å². The molecule has 0 N–H and O–H groups in total. The number of anilines is 6. The SMILES string of the molecule is CC1(C)c2ccccc2N(c2ccc(C3=CCC4C(=O)c5cc(-c6ccc(N7c8ccccc8C(C)(C)c8ccccc87)cc6)ccc5C(=O)C4=C3)cc2)c2ccccc21. The van der Waals surface area contributed by atoms with E-state index in [1.165, 1.54) is 45.0 Å². The van der Waals surface area contributed by atoms with Crippen molar-refractivity contribution in [3.8, 4) is 11.1 Å². The molecule has 7 aromatic carbocycles. The summed E-state index contributed by atoms with van der Waals surface area (Å²) in [5, 5.41) is 0. The molecule has 0 saturated carbocycles. The number of fused-ring (bicyclic) bond motifs is 6. The van der Waals surface area contributed by atoms with Gasteiger partial charge in [-0.3, -0.25) is 9.59 Å². The fourth-order valence-electron chi connectivity index (χ4n) is 10.3. The Labute approximate surface area is 351 Å². The highest BCUT2D eigenvalue weighted by molar-refractivity contribution is 6.25. The molecule has 0 amide bonds. The number of carbonyl (C=O) groups is 2. The van der Waals surface area contributed by atoms with E-state index in [2.05, 4.69) is 189 Å². The number of para-hydroxylation sites is 4. The van der Waals surface area contributed by atoms with Crippen LogP contribution in [0.1, 0.15) is 82.6 Å². The lowest BCUT2D eigenvalue weighted by molar-refractivity contribution is 0.0883. The molecular formula is C56H44N2O2.